The first-order valence-corrected chi connectivity index (χ1v) is 4.29. The summed E-state index contributed by atoms with van der Waals surface area (Å²) < 4.78 is 0. The minimum atomic E-state index is 0.828. The third-order valence-corrected chi connectivity index (χ3v) is 4.12. The van der Waals surface area contributed by atoms with Crippen molar-refractivity contribution in [3.8, 4) is 0 Å². The van der Waals surface area contributed by atoms with Crippen LogP contribution in [0.4, 0.5) is 0 Å². The average Bonchev–Trinajstić information content (AvgIpc) is 2.32. The summed E-state index contributed by atoms with van der Waals surface area (Å²) in [5.41, 5.74) is 6.19. The van der Waals surface area contributed by atoms with E-state index < -0.39 is 0 Å². The Morgan fingerprint density at radius 2 is 2.30 bits per heavy atom. The van der Waals surface area contributed by atoms with Crippen molar-refractivity contribution < 1.29 is 0 Å². The fraction of sp³-hybridized carbons (Fsp3) is 0.600. The average molecular weight is 130 g/mol. The second-order valence-corrected chi connectivity index (χ2v) is 4.50. The Morgan fingerprint density at radius 1 is 1.30 bits per heavy atom. The zero-order chi connectivity index (χ0) is 6.34. The summed E-state index contributed by atoms with van der Waals surface area (Å²) in [6, 6.07) is 0. The van der Waals surface area contributed by atoms with E-state index in [9.17, 15) is 0 Å². The molecule has 0 heteroatoms. The molecule has 0 amide bonds. The van der Waals surface area contributed by atoms with Gasteiger partial charge in [0.1, 0.15) is 0 Å². The summed E-state index contributed by atoms with van der Waals surface area (Å²) in [7, 11) is 0. The van der Waals surface area contributed by atoms with Crippen LogP contribution < -0.4 is 0 Å². The van der Waals surface area contributed by atoms with Gasteiger partial charge in [-0.2, -0.15) is 0 Å². The lowest BCUT2D eigenvalue weighted by Gasteiger charge is -2.51. The van der Waals surface area contributed by atoms with Crippen LogP contribution in [0, 0.1) is 11.3 Å². The molecule has 0 aromatic carbocycles. The largest absolute Gasteiger partial charge is 0.0658 e. The van der Waals surface area contributed by atoms with Crippen molar-refractivity contribution in [1.29, 1.82) is 0 Å². The number of hydrogen-bond donors (Lipinski definition) is 0. The van der Waals surface area contributed by atoms with E-state index in [0.29, 0.717) is 0 Å². The molecule has 0 radical (unpaired) electrons. The Balaban J connectivity index is 2.18. The Morgan fingerprint density at radius 3 is 2.90 bits per heavy atom. The number of rotatable bonds is 0. The molecule has 1 spiro atoms. The Bertz CT molecular complexity index is 306. The first kappa shape index (κ1) is 4.38. The predicted molar refractivity (Wildman–Crippen MR) is 39.5 cm³/mol. The van der Waals surface area contributed by atoms with Gasteiger partial charge in [-0.05, 0) is 42.6 Å². The molecule has 2 saturated carbocycles. The standard InChI is InChI=1S/C10H10/c1-6-3-10-4-7(6)2-9(10)8(1)5-10/h1,9H,2-5H2. The topological polar surface area (TPSA) is 0 Å². The van der Waals surface area contributed by atoms with Gasteiger partial charge in [-0.25, -0.2) is 0 Å². The van der Waals surface area contributed by atoms with Crippen LogP contribution in [0.25, 0.3) is 0 Å². The van der Waals surface area contributed by atoms with Crippen LogP contribution >= 0.6 is 0 Å². The molecule has 5 aliphatic rings. The lowest BCUT2D eigenvalue weighted by molar-refractivity contribution is 0.136. The number of allylic oxidation sites excluding steroid dienone is 4. The minimum absolute atomic E-state index is 0.828. The van der Waals surface area contributed by atoms with E-state index in [1.54, 1.807) is 11.1 Å². The quantitative estimate of drug-likeness (QED) is 0.472. The highest BCUT2D eigenvalue weighted by Gasteiger charge is 2.61. The van der Waals surface area contributed by atoms with Crippen LogP contribution in [0.15, 0.2) is 22.8 Å². The summed E-state index contributed by atoms with van der Waals surface area (Å²) >= 11 is 0. The van der Waals surface area contributed by atoms with Crippen LogP contribution in [0.3, 0.4) is 0 Å². The van der Waals surface area contributed by atoms with Crippen LogP contribution in [-0.4, -0.2) is 0 Å². The predicted octanol–water partition coefficient (Wildman–Crippen LogP) is 2.43. The molecule has 50 valence electrons. The first-order chi connectivity index (χ1) is 4.87. The summed E-state index contributed by atoms with van der Waals surface area (Å²) in [4.78, 5) is 0. The summed E-state index contributed by atoms with van der Waals surface area (Å²) in [6.45, 7) is 0. The maximum atomic E-state index is 2.50. The van der Waals surface area contributed by atoms with Crippen molar-refractivity contribution in [2.24, 2.45) is 11.3 Å². The highest BCUT2D eigenvalue weighted by Crippen LogP contribution is 2.73. The Hall–Kier alpha value is -0.520. The van der Waals surface area contributed by atoms with Gasteiger partial charge in [0.05, 0.1) is 0 Å². The zero-order valence-electron chi connectivity index (χ0n) is 5.98. The molecule has 0 saturated heterocycles. The molecule has 0 heterocycles. The lowest BCUT2D eigenvalue weighted by Crippen LogP contribution is -2.40. The Labute approximate surface area is 60.6 Å². The van der Waals surface area contributed by atoms with Crippen molar-refractivity contribution >= 4 is 0 Å². The third kappa shape index (κ3) is 0.236. The third-order valence-electron chi connectivity index (χ3n) is 4.12. The van der Waals surface area contributed by atoms with Crippen molar-refractivity contribution in [1.82, 2.24) is 0 Å². The summed E-state index contributed by atoms with van der Waals surface area (Å²) in [6.07, 6.45) is 8.35. The van der Waals surface area contributed by atoms with E-state index in [1.807, 2.05) is 5.57 Å². The summed E-state index contributed by atoms with van der Waals surface area (Å²) in [5, 5.41) is 0. The fourth-order valence-corrected chi connectivity index (χ4v) is 3.72. The first-order valence-electron chi connectivity index (χ1n) is 4.29. The molecule has 0 aromatic rings. The molecular weight excluding hydrogens is 120 g/mol. The van der Waals surface area contributed by atoms with Gasteiger partial charge in [0.15, 0.2) is 0 Å². The van der Waals surface area contributed by atoms with Crippen LogP contribution in [-0.2, 0) is 0 Å². The second kappa shape index (κ2) is 0.939. The molecule has 0 nitrogen and oxygen atoms in total. The highest BCUT2D eigenvalue weighted by atomic mass is 14.6. The van der Waals surface area contributed by atoms with E-state index >= 15 is 0 Å². The molecule has 2 unspecified atom stereocenters. The van der Waals surface area contributed by atoms with Crippen molar-refractivity contribution in [2.45, 2.75) is 25.7 Å². The molecule has 5 aliphatic carbocycles. The van der Waals surface area contributed by atoms with E-state index in [-0.39, 0.29) is 0 Å². The Kier molecular flexibility index (Phi) is 0.411. The van der Waals surface area contributed by atoms with Gasteiger partial charge in [-0.3, -0.25) is 0 Å². The molecule has 2 fully saturated rings. The molecule has 0 aliphatic heterocycles. The van der Waals surface area contributed by atoms with E-state index in [1.165, 1.54) is 25.7 Å². The van der Waals surface area contributed by atoms with E-state index in [4.69, 9.17) is 0 Å². The zero-order valence-corrected chi connectivity index (χ0v) is 5.98. The van der Waals surface area contributed by atoms with Crippen molar-refractivity contribution in [3.05, 3.63) is 22.8 Å². The van der Waals surface area contributed by atoms with Gasteiger partial charge in [0.2, 0.25) is 0 Å². The molecule has 2 atom stereocenters. The normalized spacial score (nSPS) is 52.0. The van der Waals surface area contributed by atoms with Crippen LogP contribution in [0.2, 0.25) is 0 Å². The van der Waals surface area contributed by atoms with Crippen LogP contribution in [0.1, 0.15) is 25.7 Å². The maximum absolute atomic E-state index is 2.50. The van der Waals surface area contributed by atoms with Gasteiger partial charge in [0.25, 0.3) is 0 Å². The molecular formula is C10H10. The fourth-order valence-electron chi connectivity index (χ4n) is 3.72. The van der Waals surface area contributed by atoms with Crippen molar-refractivity contribution in [2.75, 3.05) is 0 Å². The smallest absolute Gasteiger partial charge is 0.00964 e. The molecule has 5 rings (SSSR count). The van der Waals surface area contributed by atoms with E-state index in [0.717, 1.165) is 11.3 Å². The maximum Gasteiger partial charge on any atom is -0.00964 e. The van der Waals surface area contributed by atoms with Gasteiger partial charge in [-0.1, -0.05) is 17.2 Å². The molecule has 10 heavy (non-hydrogen) atoms. The van der Waals surface area contributed by atoms with Gasteiger partial charge in [0, 0.05) is 0 Å². The van der Waals surface area contributed by atoms with Gasteiger partial charge in [-0.15, -0.1) is 0 Å². The van der Waals surface area contributed by atoms with Gasteiger partial charge < -0.3 is 0 Å². The summed E-state index contributed by atoms with van der Waals surface area (Å²) in [5.74, 6) is 1.04. The second-order valence-electron chi connectivity index (χ2n) is 4.50. The number of hydrogen-bond acceptors (Lipinski definition) is 0. The SMILES string of the molecule is C1=C2CC34CC1=C(CC23)C4. The molecule has 0 N–H and O–H groups in total. The highest BCUT2D eigenvalue weighted by molar-refractivity contribution is 5.54. The van der Waals surface area contributed by atoms with Crippen LogP contribution in [0.5, 0.6) is 0 Å². The lowest BCUT2D eigenvalue weighted by atomic mass is 9.53. The monoisotopic (exact) mass is 130 g/mol. The van der Waals surface area contributed by atoms with Crippen molar-refractivity contribution in [3.63, 3.8) is 0 Å². The van der Waals surface area contributed by atoms with Gasteiger partial charge >= 0.3 is 0 Å². The minimum Gasteiger partial charge on any atom is -0.0658 e. The molecule has 0 aromatic heterocycles. The van der Waals surface area contributed by atoms with E-state index in [2.05, 4.69) is 6.08 Å². The molecule has 5 bridgehead atoms.